The highest BCUT2D eigenvalue weighted by molar-refractivity contribution is 5.75. The number of ether oxygens (including phenoxy) is 1. The normalized spacial score (nSPS) is 26.2. The lowest BCUT2D eigenvalue weighted by Crippen LogP contribution is -2.52. The van der Waals surface area contributed by atoms with E-state index < -0.39 is 12.1 Å². The Morgan fingerprint density at radius 2 is 2.00 bits per heavy atom. The van der Waals surface area contributed by atoms with Crippen LogP contribution in [0.15, 0.2) is 42.4 Å². The third-order valence-corrected chi connectivity index (χ3v) is 5.35. The van der Waals surface area contributed by atoms with Gasteiger partial charge in [0.15, 0.2) is 0 Å². The predicted molar refractivity (Wildman–Crippen MR) is 101 cm³/mol. The molecule has 0 aliphatic carbocycles. The number of alkyl halides is 3. The second-order valence-corrected chi connectivity index (χ2v) is 7.37. The molecule has 166 valence electrons. The SMILES string of the molecule is C1=CN2ONC=C2C=C1c1ccc(O[C@H]2CN3CCC2CC3)nn1.O=C(O)C(F)(F)F. The molecular formula is C19H20F3N5O4. The average Bonchev–Trinajstić information content (AvgIpc) is 3.23. The zero-order valence-corrected chi connectivity index (χ0v) is 16.2. The summed E-state index contributed by atoms with van der Waals surface area (Å²) in [5, 5.41) is 17.4. The number of nitrogens with zero attached hydrogens (tertiary/aromatic N) is 4. The van der Waals surface area contributed by atoms with Gasteiger partial charge in [-0.25, -0.2) is 15.3 Å². The molecule has 3 fully saturated rings. The van der Waals surface area contributed by atoms with Gasteiger partial charge in [-0.1, -0.05) is 0 Å². The van der Waals surface area contributed by atoms with Gasteiger partial charge in [0.05, 0.1) is 17.6 Å². The van der Waals surface area contributed by atoms with Gasteiger partial charge in [0.25, 0.3) is 0 Å². The topological polar surface area (TPSA) is 100 Å². The summed E-state index contributed by atoms with van der Waals surface area (Å²) in [6.45, 7) is 3.43. The fourth-order valence-corrected chi connectivity index (χ4v) is 3.73. The Labute approximate surface area is 175 Å². The van der Waals surface area contributed by atoms with Crippen molar-refractivity contribution >= 4 is 11.5 Å². The Bertz CT molecular complexity index is 908. The highest BCUT2D eigenvalue weighted by atomic mass is 19.4. The van der Waals surface area contributed by atoms with E-state index in [1.165, 1.54) is 25.9 Å². The second kappa shape index (κ2) is 8.55. The van der Waals surface area contributed by atoms with Crippen LogP contribution in [-0.2, 0) is 9.73 Å². The first kappa shape index (κ1) is 21.1. The number of carbonyl (C=O) groups is 1. The van der Waals surface area contributed by atoms with Crippen LogP contribution in [0.1, 0.15) is 18.5 Å². The Morgan fingerprint density at radius 3 is 2.58 bits per heavy atom. The number of aliphatic carboxylic acids is 1. The summed E-state index contributed by atoms with van der Waals surface area (Å²) < 4.78 is 37.8. The van der Waals surface area contributed by atoms with Crippen molar-refractivity contribution in [3.8, 4) is 5.88 Å². The molecule has 2 N–H and O–H groups in total. The van der Waals surface area contributed by atoms with Crippen molar-refractivity contribution in [1.82, 2.24) is 25.6 Å². The van der Waals surface area contributed by atoms with Gasteiger partial charge in [0.1, 0.15) is 6.10 Å². The van der Waals surface area contributed by atoms with Crippen molar-refractivity contribution in [1.29, 1.82) is 0 Å². The Morgan fingerprint density at radius 1 is 1.26 bits per heavy atom. The molecule has 1 aromatic rings. The molecule has 0 radical (unpaired) electrons. The van der Waals surface area contributed by atoms with Crippen molar-refractivity contribution in [2.45, 2.75) is 25.1 Å². The summed E-state index contributed by atoms with van der Waals surface area (Å²) in [6, 6.07) is 3.87. The first-order valence-electron chi connectivity index (χ1n) is 9.64. The quantitative estimate of drug-likeness (QED) is 0.733. The molecule has 6 heterocycles. The number of allylic oxidation sites excluding steroid dienone is 3. The number of carboxylic acid groups (broad SMARTS) is 1. The molecule has 2 bridgehead atoms. The van der Waals surface area contributed by atoms with Gasteiger partial charge in [-0.2, -0.15) is 18.1 Å². The summed E-state index contributed by atoms with van der Waals surface area (Å²) in [6.07, 6.45) is 5.22. The molecule has 6 rings (SSSR count). The molecule has 12 heteroatoms. The van der Waals surface area contributed by atoms with Crippen LogP contribution in [0, 0.1) is 5.92 Å². The number of rotatable bonds is 3. The van der Waals surface area contributed by atoms with Crippen molar-refractivity contribution in [2.75, 3.05) is 19.6 Å². The third-order valence-electron chi connectivity index (χ3n) is 5.35. The number of fused-ring (bicyclic) bond motifs is 4. The van der Waals surface area contributed by atoms with Crippen LogP contribution in [0.5, 0.6) is 5.88 Å². The summed E-state index contributed by atoms with van der Waals surface area (Å²) in [4.78, 5) is 16.5. The van der Waals surface area contributed by atoms with Gasteiger partial charge in [-0.3, -0.25) is 4.90 Å². The van der Waals surface area contributed by atoms with E-state index in [9.17, 15) is 13.2 Å². The number of hydrogen-bond acceptors (Lipinski definition) is 8. The van der Waals surface area contributed by atoms with Crippen LogP contribution < -0.4 is 10.2 Å². The molecule has 1 aromatic heterocycles. The van der Waals surface area contributed by atoms with Crippen LogP contribution >= 0.6 is 0 Å². The minimum absolute atomic E-state index is 0.252. The van der Waals surface area contributed by atoms with E-state index in [0.717, 1.165) is 23.5 Å². The predicted octanol–water partition coefficient (Wildman–Crippen LogP) is 2.09. The third kappa shape index (κ3) is 4.97. The van der Waals surface area contributed by atoms with E-state index in [4.69, 9.17) is 19.6 Å². The average molecular weight is 439 g/mol. The van der Waals surface area contributed by atoms with Crippen LogP contribution in [0.3, 0.4) is 0 Å². The smallest absolute Gasteiger partial charge is 0.475 e. The maximum Gasteiger partial charge on any atom is 0.490 e. The first-order valence-corrected chi connectivity index (χ1v) is 9.64. The van der Waals surface area contributed by atoms with Crippen LogP contribution in [-0.4, -0.2) is 63.2 Å². The zero-order valence-electron chi connectivity index (χ0n) is 16.2. The lowest BCUT2D eigenvalue weighted by Gasteiger charge is -2.44. The van der Waals surface area contributed by atoms with Gasteiger partial charge >= 0.3 is 12.1 Å². The van der Waals surface area contributed by atoms with Crippen molar-refractivity contribution in [3.05, 3.63) is 48.1 Å². The van der Waals surface area contributed by atoms with Gasteiger partial charge in [-0.15, -0.1) is 10.2 Å². The second-order valence-electron chi connectivity index (χ2n) is 7.37. The molecule has 1 atom stereocenters. The summed E-state index contributed by atoms with van der Waals surface area (Å²) in [5.74, 6) is -1.48. The molecule has 31 heavy (non-hydrogen) atoms. The summed E-state index contributed by atoms with van der Waals surface area (Å²) >= 11 is 0. The van der Waals surface area contributed by atoms with E-state index >= 15 is 0 Å². The van der Waals surface area contributed by atoms with E-state index in [1.807, 2.05) is 30.5 Å². The summed E-state index contributed by atoms with van der Waals surface area (Å²) in [7, 11) is 0. The van der Waals surface area contributed by atoms with E-state index in [2.05, 4.69) is 20.6 Å². The molecule has 5 aliphatic rings. The van der Waals surface area contributed by atoms with Crippen LogP contribution in [0.25, 0.3) is 5.57 Å². The largest absolute Gasteiger partial charge is 0.490 e. The maximum absolute atomic E-state index is 10.6. The molecule has 3 saturated heterocycles. The molecule has 0 saturated carbocycles. The highest BCUT2D eigenvalue weighted by Gasteiger charge is 2.38. The Balaban J connectivity index is 0.000000289. The number of halogens is 3. The standard InChI is InChI=1S/C17H19N5O2.C2HF3O2/c1-2-17(23-16-11-21-6-3-12(16)4-7-21)20-19-15(1)13-5-8-22-14(9-13)10-18-24-22;3-2(4,5)1(6)7/h1-2,5,8-10,12,16,18H,3-4,6-7,11H2;(H,6,7)/t16-;/m0./s1. The highest BCUT2D eigenvalue weighted by Crippen LogP contribution is 2.30. The number of hydroxylamine groups is 3. The minimum Gasteiger partial charge on any atom is -0.475 e. The molecule has 0 spiro atoms. The number of carboxylic acids is 1. The first-order chi connectivity index (χ1) is 14.8. The zero-order chi connectivity index (χ0) is 22.0. The molecule has 0 unspecified atom stereocenters. The van der Waals surface area contributed by atoms with Gasteiger partial charge in [-0.05, 0) is 50.1 Å². The lowest BCUT2D eigenvalue weighted by atomic mass is 9.86. The molecule has 0 amide bonds. The van der Waals surface area contributed by atoms with Crippen molar-refractivity contribution in [3.63, 3.8) is 0 Å². The minimum atomic E-state index is -5.08. The molecule has 9 nitrogen and oxygen atoms in total. The molecule has 5 aliphatic heterocycles. The number of aromatic nitrogens is 2. The van der Waals surface area contributed by atoms with Crippen LogP contribution in [0.2, 0.25) is 0 Å². The lowest BCUT2D eigenvalue weighted by molar-refractivity contribution is -0.192. The fourth-order valence-electron chi connectivity index (χ4n) is 3.73. The summed E-state index contributed by atoms with van der Waals surface area (Å²) in [5.41, 5.74) is 5.46. The number of hydrogen-bond donors (Lipinski definition) is 2. The molecule has 0 aromatic carbocycles. The number of nitrogens with one attached hydrogen (secondary N) is 1. The van der Waals surface area contributed by atoms with Crippen molar-refractivity contribution in [2.24, 2.45) is 5.92 Å². The van der Waals surface area contributed by atoms with Crippen molar-refractivity contribution < 1.29 is 32.7 Å². The van der Waals surface area contributed by atoms with Gasteiger partial charge in [0.2, 0.25) is 5.88 Å². The fraction of sp³-hybridized carbons (Fsp3) is 0.421. The maximum atomic E-state index is 10.6. The molecular weight excluding hydrogens is 419 g/mol. The Hall–Kier alpha value is -3.12. The van der Waals surface area contributed by atoms with Crippen LogP contribution in [0.4, 0.5) is 13.2 Å². The monoisotopic (exact) mass is 439 g/mol. The Kier molecular flexibility index (Phi) is 5.83. The number of piperidine rings is 3. The van der Waals surface area contributed by atoms with E-state index in [0.29, 0.717) is 11.8 Å². The van der Waals surface area contributed by atoms with E-state index in [-0.39, 0.29) is 6.10 Å². The van der Waals surface area contributed by atoms with Gasteiger partial charge < -0.3 is 9.84 Å². The van der Waals surface area contributed by atoms with Gasteiger partial charge in [0, 0.05) is 24.4 Å². The van der Waals surface area contributed by atoms with E-state index in [1.54, 1.807) is 11.3 Å².